The summed E-state index contributed by atoms with van der Waals surface area (Å²) in [5.41, 5.74) is 5.75. The number of anilines is 1. The van der Waals surface area contributed by atoms with Gasteiger partial charge in [0.25, 0.3) is 0 Å². The third-order valence-electron chi connectivity index (χ3n) is 2.29. The molecule has 1 aromatic carbocycles. The number of benzene rings is 1. The Bertz CT molecular complexity index is 511. The van der Waals surface area contributed by atoms with Gasteiger partial charge in [0, 0.05) is 6.20 Å². The minimum atomic E-state index is -0.760. The zero-order valence-corrected chi connectivity index (χ0v) is 12.6. The van der Waals surface area contributed by atoms with E-state index in [-0.39, 0.29) is 18.8 Å². The largest absolute Gasteiger partial charge is 0.462 e. The Balaban J connectivity index is 2.76. The van der Waals surface area contributed by atoms with Crippen molar-refractivity contribution in [3.05, 3.63) is 41.1 Å². The van der Waals surface area contributed by atoms with Gasteiger partial charge in [-0.2, -0.15) is 0 Å². The standard InChI is InChI=1S/C14H17ClN2O4/c1-3-20-13(18)10(14(19)21-4-2)9-16-17-12-8-6-5-7-11(12)15/h5-9,16-17H,3-4H2,1-2H3. The van der Waals surface area contributed by atoms with Gasteiger partial charge in [0.15, 0.2) is 5.57 Å². The summed E-state index contributed by atoms with van der Waals surface area (Å²) in [6, 6.07) is 7.01. The summed E-state index contributed by atoms with van der Waals surface area (Å²) in [5.74, 6) is -1.52. The molecule has 0 saturated heterocycles. The fourth-order valence-corrected chi connectivity index (χ4v) is 1.55. The second kappa shape index (κ2) is 8.86. The SMILES string of the molecule is CCOC(=O)C(=CNNc1ccccc1Cl)C(=O)OCC. The Labute approximate surface area is 128 Å². The first-order chi connectivity index (χ1) is 10.1. The second-order valence-electron chi connectivity index (χ2n) is 3.75. The lowest BCUT2D eigenvalue weighted by molar-refractivity contribution is -0.146. The van der Waals surface area contributed by atoms with Crippen LogP contribution in [0, 0.1) is 0 Å². The Hall–Kier alpha value is -2.21. The molecule has 21 heavy (non-hydrogen) atoms. The minimum absolute atomic E-state index is 0.160. The molecular formula is C14H17ClN2O4. The molecule has 1 rings (SSSR count). The maximum atomic E-state index is 11.7. The molecule has 0 heterocycles. The van der Waals surface area contributed by atoms with Crippen LogP contribution in [0.15, 0.2) is 36.0 Å². The highest BCUT2D eigenvalue weighted by Gasteiger charge is 2.20. The summed E-state index contributed by atoms with van der Waals surface area (Å²) in [6.45, 7) is 3.62. The average Bonchev–Trinajstić information content (AvgIpc) is 2.45. The van der Waals surface area contributed by atoms with Crippen molar-refractivity contribution in [2.45, 2.75) is 13.8 Å². The highest BCUT2D eigenvalue weighted by atomic mass is 35.5. The third kappa shape index (κ3) is 5.35. The molecule has 1 aromatic rings. The van der Waals surface area contributed by atoms with Gasteiger partial charge in [0.05, 0.1) is 23.9 Å². The molecule has 2 N–H and O–H groups in total. The number of hydrogen-bond acceptors (Lipinski definition) is 6. The van der Waals surface area contributed by atoms with Crippen molar-refractivity contribution in [3.63, 3.8) is 0 Å². The van der Waals surface area contributed by atoms with E-state index >= 15 is 0 Å². The highest BCUT2D eigenvalue weighted by Crippen LogP contribution is 2.19. The smallest absolute Gasteiger partial charge is 0.347 e. The van der Waals surface area contributed by atoms with Crippen LogP contribution in [-0.2, 0) is 19.1 Å². The zero-order chi connectivity index (χ0) is 15.7. The molecule has 0 spiro atoms. The van der Waals surface area contributed by atoms with Crippen molar-refractivity contribution in [3.8, 4) is 0 Å². The Morgan fingerprint density at radius 3 is 2.24 bits per heavy atom. The molecule has 0 aliphatic rings. The van der Waals surface area contributed by atoms with E-state index in [1.165, 1.54) is 6.20 Å². The van der Waals surface area contributed by atoms with Crippen molar-refractivity contribution in [1.29, 1.82) is 0 Å². The Kier molecular flexibility index (Phi) is 7.11. The normalized spacial score (nSPS) is 9.48. The van der Waals surface area contributed by atoms with E-state index in [0.29, 0.717) is 10.7 Å². The third-order valence-corrected chi connectivity index (χ3v) is 2.62. The van der Waals surface area contributed by atoms with Crippen LogP contribution in [-0.4, -0.2) is 25.2 Å². The van der Waals surface area contributed by atoms with E-state index in [0.717, 1.165) is 0 Å². The number of hydrogen-bond donors (Lipinski definition) is 2. The number of esters is 2. The first-order valence-corrected chi connectivity index (χ1v) is 6.78. The lowest BCUT2D eigenvalue weighted by Gasteiger charge is -2.10. The van der Waals surface area contributed by atoms with Crippen molar-refractivity contribution >= 4 is 29.2 Å². The number of carbonyl (C=O) groups excluding carboxylic acids is 2. The van der Waals surface area contributed by atoms with Crippen LogP contribution in [0.25, 0.3) is 0 Å². The lowest BCUT2D eigenvalue weighted by atomic mass is 10.3. The van der Waals surface area contributed by atoms with Gasteiger partial charge in [-0.15, -0.1) is 0 Å². The van der Waals surface area contributed by atoms with E-state index < -0.39 is 11.9 Å². The molecule has 7 heteroatoms. The van der Waals surface area contributed by atoms with Crippen molar-refractivity contribution in [2.24, 2.45) is 0 Å². The fraction of sp³-hybridized carbons (Fsp3) is 0.286. The Morgan fingerprint density at radius 2 is 1.71 bits per heavy atom. The van der Waals surface area contributed by atoms with E-state index in [9.17, 15) is 9.59 Å². The molecule has 0 aromatic heterocycles. The fourth-order valence-electron chi connectivity index (χ4n) is 1.37. The topological polar surface area (TPSA) is 76.7 Å². The molecule has 0 radical (unpaired) electrons. The zero-order valence-electron chi connectivity index (χ0n) is 11.8. The van der Waals surface area contributed by atoms with Gasteiger partial charge in [-0.3, -0.25) is 5.43 Å². The second-order valence-corrected chi connectivity index (χ2v) is 4.16. The number of carbonyl (C=O) groups is 2. The number of para-hydroxylation sites is 1. The van der Waals surface area contributed by atoms with Gasteiger partial charge >= 0.3 is 11.9 Å². The maximum Gasteiger partial charge on any atom is 0.347 e. The van der Waals surface area contributed by atoms with Crippen LogP contribution >= 0.6 is 11.6 Å². The van der Waals surface area contributed by atoms with Gasteiger partial charge in [0.2, 0.25) is 0 Å². The quantitative estimate of drug-likeness (QED) is 0.264. The van der Waals surface area contributed by atoms with Crippen LogP contribution in [0.5, 0.6) is 0 Å². The summed E-state index contributed by atoms with van der Waals surface area (Å²) >= 11 is 5.96. The maximum absolute atomic E-state index is 11.7. The van der Waals surface area contributed by atoms with Crippen LogP contribution in [0.4, 0.5) is 5.69 Å². The number of hydrazine groups is 1. The molecule has 0 unspecified atom stereocenters. The van der Waals surface area contributed by atoms with E-state index in [1.54, 1.807) is 38.1 Å². The van der Waals surface area contributed by atoms with E-state index in [2.05, 4.69) is 10.9 Å². The predicted molar refractivity (Wildman–Crippen MR) is 79.6 cm³/mol. The number of nitrogens with one attached hydrogen (secondary N) is 2. The molecule has 0 amide bonds. The van der Waals surface area contributed by atoms with Gasteiger partial charge in [-0.25, -0.2) is 9.59 Å². The molecule has 114 valence electrons. The summed E-state index contributed by atoms with van der Waals surface area (Å²) in [6.07, 6.45) is 1.18. The number of halogens is 1. The molecule has 0 aliphatic carbocycles. The van der Waals surface area contributed by atoms with Crippen molar-refractivity contribution < 1.29 is 19.1 Å². The molecule has 0 aliphatic heterocycles. The highest BCUT2D eigenvalue weighted by molar-refractivity contribution is 6.33. The molecule has 0 atom stereocenters. The van der Waals surface area contributed by atoms with E-state index in [1.807, 2.05) is 0 Å². The predicted octanol–water partition coefficient (Wildman–Crippen LogP) is 2.27. The summed E-state index contributed by atoms with van der Waals surface area (Å²) in [5, 5.41) is 0.493. The first-order valence-electron chi connectivity index (χ1n) is 6.40. The lowest BCUT2D eigenvalue weighted by Crippen LogP contribution is -2.23. The molecule has 0 bridgehead atoms. The van der Waals surface area contributed by atoms with Gasteiger partial charge in [-0.1, -0.05) is 23.7 Å². The summed E-state index contributed by atoms with van der Waals surface area (Å²) in [7, 11) is 0. The molecule has 0 saturated carbocycles. The molecule has 0 fully saturated rings. The molecular weight excluding hydrogens is 296 g/mol. The van der Waals surface area contributed by atoms with Crippen LogP contribution in [0.2, 0.25) is 5.02 Å². The van der Waals surface area contributed by atoms with Gasteiger partial charge in [0.1, 0.15) is 0 Å². The van der Waals surface area contributed by atoms with E-state index in [4.69, 9.17) is 21.1 Å². The first kappa shape index (κ1) is 16.8. The van der Waals surface area contributed by atoms with Crippen molar-refractivity contribution in [2.75, 3.05) is 18.6 Å². The van der Waals surface area contributed by atoms with Crippen LogP contribution < -0.4 is 10.9 Å². The minimum Gasteiger partial charge on any atom is -0.462 e. The summed E-state index contributed by atoms with van der Waals surface area (Å²) < 4.78 is 9.59. The number of ether oxygens (including phenoxy) is 2. The van der Waals surface area contributed by atoms with Crippen molar-refractivity contribution in [1.82, 2.24) is 5.43 Å². The van der Waals surface area contributed by atoms with Crippen LogP contribution in [0.1, 0.15) is 13.8 Å². The van der Waals surface area contributed by atoms with Crippen LogP contribution in [0.3, 0.4) is 0 Å². The average molecular weight is 313 g/mol. The monoisotopic (exact) mass is 312 g/mol. The summed E-state index contributed by atoms with van der Waals surface area (Å²) in [4.78, 5) is 23.4. The molecule has 6 nitrogen and oxygen atoms in total. The van der Waals surface area contributed by atoms with Gasteiger partial charge < -0.3 is 14.9 Å². The van der Waals surface area contributed by atoms with Gasteiger partial charge in [-0.05, 0) is 26.0 Å². The number of rotatable bonds is 7. The Morgan fingerprint density at radius 1 is 1.14 bits per heavy atom.